The summed E-state index contributed by atoms with van der Waals surface area (Å²) in [5.41, 5.74) is 1.46. The van der Waals surface area contributed by atoms with Crippen LogP contribution in [0.2, 0.25) is 0 Å². The maximum absolute atomic E-state index is 14.3. The largest absolute Gasteiger partial charge is 0.434 e. The van der Waals surface area contributed by atoms with Gasteiger partial charge in [0.1, 0.15) is 23.5 Å². The van der Waals surface area contributed by atoms with Crippen LogP contribution in [-0.2, 0) is 0 Å². The molecule has 0 atom stereocenters. The molecule has 0 radical (unpaired) electrons. The van der Waals surface area contributed by atoms with Crippen molar-refractivity contribution in [3.63, 3.8) is 0 Å². The Morgan fingerprint density at radius 1 is 1.08 bits per heavy atom. The Hall–Kier alpha value is -4.24. The fourth-order valence-electron chi connectivity index (χ4n) is 7.60. The normalized spacial score (nSPS) is 18.1. The maximum Gasteiger partial charge on any atom is 0.282 e. The molecule has 1 spiro atoms. The second-order valence-electron chi connectivity index (χ2n) is 14.0. The molecule has 7 rings (SSSR count). The highest BCUT2D eigenvalue weighted by Gasteiger charge is 2.46. The Morgan fingerprint density at radius 2 is 1.84 bits per heavy atom. The third-order valence-electron chi connectivity index (χ3n) is 10.4. The fraction of sp³-hybridized carbons (Fsp3) is 0.514. The van der Waals surface area contributed by atoms with Gasteiger partial charge in [-0.05, 0) is 99.6 Å². The summed E-state index contributed by atoms with van der Waals surface area (Å²) in [7, 11) is 0. The number of carbonyl (C=O) groups excluding carboxylic acids is 2. The van der Waals surface area contributed by atoms with E-state index in [1.54, 1.807) is 28.0 Å². The van der Waals surface area contributed by atoms with Gasteiger partial charge in [-0.3, -0.25) is 9.59 Å². The predicted molar refractivity (Wildman–Crippen MR) is 188 cm³/mol. The molecule has 2 amide bonds. The van der Waals surface area contributed by atoms with Crippen molar-refractivity contribution in [3.8, 4) is 11.6 Å². The van der Waals surface area contributed by atoms with E-state index in [4.69, 9.17) is 4.74 Å². The molecule has 1 aromatic carbocycles. The molecule has 0 saturated carbocycles. The number of fused-ring (bicyclic) bond motifs is 1. The number of hydrogen-bond acceptors (Lipinski definition) is 10. The van der Waals surface area contributed by atoms with Crippen LogP contribution in [-0.4, -0.2) is 115 Å². The molecular formula is C35H42BrFN10O3. The molecule has 4 aromatic rings. The summed E-state index contributed by atoms with van der Waals surface area (Å²) in [5.74, 6) is 0.725. The van der Waals surface area contributed by atoms with Gasteiger partial charge < -0.3 is 24.3 Å². The zero-order chi connectivity index (χ0) is 35.0. The Balaban J connectivity index is 0.914. The quantitative estimate of drug-likeness (QED) is 0.233. The van der Waals surface area contributed by atoms with Gasteiger partial charge in [-0.1, -0.05) is 0 Å². The summed E-state index contributed by atoms with van der Waals surface area (Å²) in [6.07, 6.45) is 10.7. The number of anilines is 1. The molecule has 264 valence electrons. The van der Waals surface area contributed by atoms with Crippen molar-refractivity contribution in [1.29, 1.82) is 0 Å². The van der Waals surface area contributed by atoms with E-state index in [2.05, 4.69) is 51.0 Å². The maximum atomic E-state index is 14.3. The van der Waals surface area contributed by atoms with Crippen LogP contribution in [0.3, 0.4) is 0 Å². The van der Waals surface area contributed by atoms with Gasteiger partial charge in [0.2, 0.25) is 0 Å². The first-order valence-electron chi connectivity index (χ1n) is 17.3. The van der Waals surface area contributed by atoms with E-state index in [0.717, 1.165) is 76.0 Å². The average molecular weight is 750 g/mol. The number of halogens is 2. The molecule has 15 heteroatoms. The van der Waals surface area contributed by atoms with E-state index in [1.807, 2.05) is 25.7 Å². The van der Waals surface area contributed by atoms with Gasteiger partial charge in [-0.25, -0.2) is 18.9 Å². The summed E-state index contributed by atoms with van der Waals surface area (Å²) in [6, 6.07) is 3.89. The number of hydrogen-bond donors (Lipinski definition) is 0. The summed E-state index contributed by atoms with van der Waals surface area (Å²) >= 11 is 3.40. The Morgan fingerprint density at radius 3 is 2.56 bits per heavy atom. The number of ether oxygens (including phenoxy) is 1. The third kappa shape index (κ3) is 6.89. The molecule has 6 heterocycles. The van der Waals surface area contributed by atoms with Crippen LogP contribution in [0.15, 0.2) is 47.6 Å². The van der Waals surface area contributed by atoms with Crippen molar-refractivity contribution in [2.24, 2.45) is 11.3 Å². The molecule has 0 bridgehead atoms. The lowest BCUT2D eigenvalue weighted by molar-refractivity contribution is 0.0511. The lowest BCUT2D eigenvalue weighted by atomic mass is 9.72. The van der Waals surface area contributed by atoms with Crippen molar-refractivity contribution in [1.82, 2.24) is 44.5 Å². The zero-order valence-corrected chi connectivity index (χ0v) is 30.2. The minimum atomic E-state index is -0.513. The molecule has 0 N–H and O–H groups in total. The summed E-state index contributed by atoms with van der Waals surface area (Å²) in [5, 5.41) is 12.5. The lowest BCUT2D eigenvalue weighted by Gasteiger charge is -2.54. The van der Waals surface area contributed by atoms with Crippen LogP contribution in [0.25, 0.3) is 5.65 Å². The first-order valence-corrected chi connectivity index (χ1v) is 18.1. The van der Waals surface area contributed by atoms with Crippen molar-refractivity contribution in [2.75, 3.05) is 57.3 Å². The molecule has 3 aliphatic heterocycles. The summed E-state index contributed by atoms with van der Waals surface area (Å²) in [4.78, 5) is 43.9. The van der Waals surface area contributed by atoms with Gasteiger partial charge in [-0.15, -0.1) is 10.2 Å². The van der Waals surface area contributed by atoms with Gasteiger partial charge in [-0.2, -0.15) is 5.10 Å². The van der Waals surface area contributed by atoms with Crippen molar-refractivity contribution in [3.05, 3.63) is 64.5 Å². The van der Waals surface area contributed by atoms with Crippen molar-refractivity contribution in [2.45, 2.75) is 52.5 Å². The molecule has 3 aliphatic rings. The van der Waals surface area contributed by atoms with Crippen LogP contribution in [0, 0.1) is 17.2 Å². The van der Waals surface area contributed by atoms with Crippen LogP contribution in [0.4, 0.5) is 10.2 Å². The van der Waals surface area contributed by atoms with E-state index in [0.29, 0.717) is 29.5 Å². The smallest absolute Gasteiger partial charge is 0.282 e. The molecule has 3 fully saturated rings. The van der Waals surface area contributed by atoms with Gasteiger partial charge in [0.05, 0.1) is 16.2 Å². The van der Waals surface area contributed by atoms with Crippen LogP contribution in [0.5, 0.6) is 11.6 Å². The van der Waals surface area contributed by atoms with E-state index < -0.39 is 5.82 Å². The Kier molecular flexibility index (Phi) is 9.70. The van der Waals surface area contributed by atoms with Crippen molar-refractivity contribution < 1.29 is 18.7 Å². The summed E-state index contributed by atoms with van der Waals surface area (Å²) < 4.78 is 22.9. The molecule has 3 saturated heterocycles. The van der Waals surface area contributed by atoms with Crippen LogP contribution in [0.1, 0.15) is 67.2 Å². The number of benzene rings is 1. The lowest BCUT2D eigenvalue weighted by Crippen LogP contribution is -2.61. The van der Waals surface area contributed by atoms with E-state index in [9.17, 15) is 14.0 Å². The third-order valence-corrected chi connectivity index (χ3v) is 10.8. The highest BCUT2D eigenvalue weighted by Crippen LogP contribution is 2.44. The minimum absolute atomic E-state index is 0.00368. The second-order valence-corrected chi connectivity index (χ2v) is 14.9. The summed E-state index contributed by atoms with van der Waals surface area (Å²) in [6.45, 7) is 12.5. The first kappa shape index (κ1) is 34.2. The number of carbonyl (C=O) groups is 2. The van der Waals surface area contributed by atoms with E-state index in [1.165, 1.54) is 24.5 Å². The molecule has 0 unspecified atom stereocenters. The van der Waals surface area contributed by atoms with E-state index >= 15 is 0 Å². The minimum Gasteiger partial charge on any atom is -0.434 e. The van der Waals surface area contributed by atoms with Gasteiger partial charge in [0.25, 0.3) is 17.7 Å². The Labute approximate surface area is 298 Å². The average Bonchev–Trinajstić information content (AvgIpc) is 3.52. The van der Waals surface area contributed by atoms with Crippen molar-refractivity contribution >= 4 is 39.2 Å². The van der Waals surface area contributed by atoms with E-state index in [-0.39, 0.29) is 40.5 Å². The first-order chi connectivity index (χ1) is 24.1. The highest BCUT2D eigenvalue weighted by molar-refractivity contribution is 9.10. The zero-order valence-electron chi connectivity index (χ0n) is 28.6. The molecular weight excluding hydrogens is 707 g/mol. The van der Waals surface area contributed by atoms with Crippen LogP contribution >= 0.6 is 15.9 Å². The standard InChI is InChI=1S/C35H42BrFN10O3/c1-4-46(23(2)3)34(49)27-15-26(37)5-6-29(27)50-32-31(39-22-40-42-32)45-20-35(21-45)9-13-43(14-10-35)18-24-7-11-44(12-8-24)33(48)28-17-41-47-19-25(36)16-38-30(28)47/h5-6,15-17,19,22-24H,4,7-14,18,20-21H2,1-3H3. The number of piperidine rings is 2. The molecule has 13 nitrogen and oxygen atoms in total. The van der Waals surface area contributed by atoms with Gasteiger partial charge >= 0.3 is 0 Å². The van der Waals surface area contributed by atoms with Gasteiger partial charge in [0, 0.05) is 63.1 Å². The SMILES string of the molecule is CCN(C(=O)c1cc(F)ccc1Oc1nncnc1N1CC2(CCN(CC3CCN(C(=O)c4cnn5cc(Br)cnc45)CC3)CC2)C1)C(C)C. The number of aromatic nitrogens is 6. The molecule has 0 aliphatic carbocycles. The van der Waals surface area contributed by atoms with Crippen LogP contribution < -0.4 is 9.64 Å². The Bertz CT molecular complexity index is 1860. The molecule has 50 heavy (non-hydrogen) atoms. The predicted octanol–water partition coefficient (Wildman–Crippen LogP) is 4.93. The topological polar surface area (TPSA) is 125 Å². The highest BCUT2D eigenvalue weighted by atomic mass is 79.9. The number of rotatable bonds is 9. The second kappa shape index (κ2) is 14.2. The number of amides is 2. The number of nitrogens with zero attached hydrogens (tertiary/aromatic N) is 10. The monoisotopic (exact) mass is 748 g/mol. The van der Waals surface area contributed by atoms with Gasteiger partial charge in [0.15, 0.2) is 11.5 Å². The number of likely N-dealkylation sites (tertiary alicyclic amines) is 2. The molecule has 3 aromatic heterocycles. The fourth-order valence-corrected chi connectivity index (χ4v) is 7.89.